The number of aromatic hydroxyl groups is 1. The lowest BCUT2D eigenvalue weighted by atomic mass is 10.1. The molecule has 0 aromatic heterocycles. The number of phenols is 1. The standard InChI is InChI=1S/C13H17FN2O3/c1-3-6-16(8-12(18)15-2)13(19)10-5-4-9(14)7-11(10)17/h4-5,7,17H,3,6,8H2,1-2H3,(H,15,18). The Morgan fingerprint density at radius 2 is 2.11 bits per heavy atom. The first-order valence-corrected chi connectivity index (χ1v) is 5.98. The van der Waals surface area contributed by atoms with Crippen LogP contribution in [0, 0.1) is 5.82 Å². The van der Waals surface area contributed by atoms with Crippen LogP contribution in [0.5, 0.6) is 5.75 Å². The molecule has 1 rings (SSSR count). The summed E-state index contributed by atoms with van der Waals surface area (Å²) in [5, 5.41) is 12.0. The number of phenolic OH excluding ortho intramolecular Hbond substituents is 1. The minimum absolute atomic E-state index is 0.0150. The summed E-state index contributed by atoms with van der Waals surface area (Å²) in [6, 6.07) is 3.17. The maximum Gasteiger partial charge on any atom is 0.258 e. The van der Waals surface area contributed by atoms with Crippen LogP contribution in [0.4, 0.5) is 4.39 Å². The van der Waals surface area contributed by atoms with Gasteiger partial charge in [-0.25, -0.2) is 4.39 Å². The molecule has 2 amide bonds. The Hall–Kier alpha value is -2.11. The number of carbonyl (C=O) groups is 2. The van der Waals surface area contributed by atoms with Crippen LogP contribution in [-0.4, -0.2) is 42.0 Å². The van der Waals surface area contributed by atoms with Crippen molar-refractivity contribution in [3.05, 3.63) is 29.6 Å². The zero-order valence-electron chi connectivity index (χ0n) is 10.9. The Morgan fingerprint density at radius 1 is 1.42 bits per heavy atom. The lowest BCUT2D eigenvalue weighted by molar-refractivity contribution is -0.121. The molecule has 5 nitrogen and oxygen atoms in total. The van der Waals surface area contributed by atoms with E-state index in [-0.39, 0.29) is 18.0 Å². The Balaban J connectivity index is 2.95. The summed E-state index contributed by atoms with van der Waals surface area (Å²) in [6.45, 7) is 2.15. The van der Waals surface area contributed by atoms with E-state index in [4.69, 9.17) is 0 Å². The monoisotopic (exact) mass is 268 g/mol. The van der Waals surface area contributed by atoms with Gasteiger partial charge in [-0.3, -0.25) is 9.59 Å². The summed E-state index contributed by atoms with van der Waals surface area (Å²) in [6.07, 6.45) is 0.671. The van der Waals surface area contributed by atoms with Gasteiger partial charge in [-0.1, -0.05) is 6.92 Å². The number of nitrogens with one attached hydrogen (secondary N) is 1. The molecule has 0 bridgehead atoms. The summed E-state index contributed by atoms with van der Waals surface area (Å²) in [5.74, 6) is -1.85. The second kappa shape index (κ2) is 6.72. The van der Waals surface area contributed by atoms with Gasteiger partial charge in [0.05, 0.1) is 12.1 Å². The van der Waals surface area contributed by atoms with Crippen LogP contribution in [-0.2, 0) is 4.79 Å². The maximum absolute atomic E-state index is 12.9. The van der Waals surface area contributed by atoms with E-state index in [2.05, 4.69) is 5.32 Å². The van der Waals surface area contributed by atoms with Crippen molar-refractivity contribution in [2.24, 2.45) is 0 Å². The van der Waals surface area contributed by atoms with Crippen LogP contribution < -0.4 is 5.32 Å². The maximum atomic E-state index is 12.9. The lowest BCUT2D eigenvalue weighted by Crippen LogP contribution is -2.40. The Morgan fingerprint density at radius 3 is 2.63 bits per heavy atom. The van der Waals surface area contributed by atoms with Crippen molar-refractivity contribution in [2.45, 2.75) is 13.3 Å². The van der Waals surface area contributed by atoms with Gasteiger partial charge in [0.15, 0.2) is 0 Å². The molecular weight excluding hydrogens is 251 g/mol. The molecule has 104 valence electrons. The van der Waals surface area contributed by atoms with Gasteiger partial charge in [0, 0.05) is 19.7 Å². The third-order valence-electron chi connectivity index (χ3n) is 2.58. The molecule has 0 radical (unpaired) electrons. The van der Waals surface area contributed by atoms with E-state index in [0.29, 0.717) is 13.0 Å². The fraction of sp³-hybridized carbons (Fsp3) is 0.385. The molecule has 6 heteroatoms. The summed E-state index contributed by atoms with van der Waals surface area (Å²) in [5.41, 5.74) is -0.0150. The molecule has 0 spiro atoms. The number of nitrogens with zero attached hydrogens (tertiary/aromatic N) is 1. The highest BCUT2D eigenvalue weighted by Gasteiger charge is 2.20. The number of hydrogen-bond acceptors (Lipinski definition) is 3. The predicted molar refractivity (Wildman–Crippen MR) is 68.3 cm³/mol. The molecule has 0 heterocycles. The second-order valence-electron chi connectivity index (χ2n) is 4.06. The number of benzene rings is 1. The number of hydrogen-bond donors (Lipinski definition) is 2. The zero-order valence-corrected chi connectivity index (χ0v) is 10.9. The van der Waals surface area contributed by atoms with Crippen molar-refractivity contribution >= 4 is 11.8 Å². The zero-order chi connectivity index (χ0) is 14.4. The summed E-state index contributed by atoms with van der Waals surface area (Å²) >= 11 is 0. The smallest absolute Gasteiger partial charge is 0.258 e. The number of carbonyl (C=O) groups excluding carboxylic acids is 2. The Labute approximate surface area is 111 Å². The van der Waals surface area contributed by atoms with Gasteiger partial charge in [-0.15, -0.1) is 0 Å². The van der Waals surface area contributed by atoms with Crippen molar-refractivity contribution < 1.29 is 19.1 Å². The van der Waals surface area contributed by atoms with Gasteiger partial charge in [-0.05, 0) is 18.6 Å². The number of halogens is 1. The van der Waals surface area contributed by atoms with E-state index in [1.165, 1.54) is 18.0 Å². The first kappa shape index (κ1) is 14.9. The fourth-order valence-corrected chi connectivity index (χ4v) is 1.63. The lowest BCUT2D eigenvalue weighted by Gasteiger charge is -2.21. The van der Waals surface area contributed by atoms with Crippen molar-refractivity contribution in [1.29, 1.82) is 0 Å². The average molecular weight is 268 g/mol. The Kier molecular flexibility index (Phi) is 5.29. The summed E-state index contributed by atoms with van der Waals surface area (Å²) < 4.78 is 12.9. The minimum Gasteiger partial charge on any atom is -0.507 e. The van der Waals surface area contributed by atoms with Crippen molar-refractivity contribution in [2.75, 3.05) is 20.1 Å². The van der Waals surface area contributed by atoms with Gasteiger partial charge < -0.3 is 15.3 Å². The van der Waals surface area contributed by atoms with Crippen molar-refractivity contribution in [3.8, 4) is 5.75 Å². The highest BCUT2D eigenvalue weighted by Crippen LogP contribution is 2.20. The molecule has 19 heavy (non-hydrogen) atoms. The van der Waals surface area contributed by atoms with Crippen LogP contribution in [0.2, 0.25) is 0 Å². The first-order valence-electron chi connectivity index (χ1n) is 5.98. The quantitative estimate of drug-likeness (QED) is 0.841. The molecule has 1 aromatic rings. The van der Waals surface area contributed by atoms with Crippen LogP contribution in [0.3, 0.4) is 0 Å². The molecule has 2 N–H and O–H groups in total. The number of likely N-dealkylation sites (N-methyl/N-ethyl adjacent to an activating group) is 1. The van der Waals surface area contributed by atoms with E-state index < -0.39 is 17.5 Å². The van der Waals surface area contributed by atoms with Crippen LogP contribution in [0.15, 0.2) is 18.2 Å². The normalized spacial score (nSPS) is 10.1. The minimum atomic E-state index is -0.623. The van der Waals surface area contributed by atoms with E-state index in [1.54, 1.807) is 0 Å². The van der Waals surface area contributed by atoms with Crippen LogP contribution >= 0.6 is 0 Å². The van der Waals surface area contributed by atoms with Crippen molar-refractivity contribution in [3.63, 3.8) is 0 Å². The molecule has 0 unspecified atom stereocenters. The van der Waals surface area contributed by atoms with Crippen molar-refractivity contribution in [1.82, 2.24) is 10.2 Å². The molecule has 0 saturated carbocycles. The molecule has 1 aromatic carbocycles. The SMILES string of the molecule is CCCN(CC(=O)NC)C(=O)c1ccc(F)cc1O. The third-order valence-corrected chi connectivity index (χ3v) is 2.58. The van der Waals surface area contributed by atoms with E-state index in [0.717, 1.165) is 12.1 Å². The number of amides is 2. The predicted octanol–water partition coefficient (Wildman–Crippen LogP) is 1.13. The highest BCUT2D eigenvalue weighted by molar-refractivity contribution is 5.98. The molecule has 0 aliphatic carbocycles. The van der Waals surface area contributed by atoms with E-state index in [9.17, 15) is 19.1 Å². The van der Waals surface area contributed by atoms with Crippen LogP contribution in [0.25, 0.3) is 0 Å². The largest absolute Gasteiger partial charge is 0.507 e. The van der Waals surface area contributed by atoms with E-state index in [1.807, 2.05) is 6.92 Å². The number of rotatable bonds is 5. The second-order valence-corrected chi connectivity index (χ2v) is 4.06. The van der Waals surface area contributed by atoms with Crippen LogP contribution in [0.1, 0.15) is 23.7 Å². The average Bonchev–Trinajstić information content (AvgIpc) is 2.37. The summed E-state index contributed by atoms with van der Waals surface area (Å²) in [7, 11) is 1.48. The molecule has 0 aliphatic rings. The van der Waals surface area contributed by atoms with Gasteiger partial charge in [0.2, 0.25) is 5.91 Å². The van der Waals surface area contributed by atoms with Gasteiger partial charge in [0.25, 0.3) is 5.91 Å². The van der Waals surface area contributed by atoms with E-state index >= 15 is 0 Å². The molecular formula is C13H17FN2O3. The topological polar surface area (TPSA) is 69.6 Å². The fourth-order valence-electron chi connectivity index (χ4n) is 1.63. The summed E-state index contributed by atoms with van der Waals surface area (Å²) in [4.78, 5) is 24.8. The van der Waals surface area contributed by atoms with Gasteiger partial charge in [-0.2, -0.15) is 0 Å². The van der Waals surface area contributed by atoms with Gasteiger partial charge >= 0.3 is 0 Å². The molecule has 0 saturated heterocycles. The highest BCUT2D eigenvalue weighted by atomic mass is 19.1. The van der Waals surface area contributed by atoms with Gasteiger partial charge in [0.1, 0.15) is 11.6 Å². The molecule has 0 atom stereocenters. The molecule has 0 fully saturated rings. The Bertz CT molecular complexity index is 477. The third kappa shape index (κ3) is 3.94. The first-order chi connectivity index (χ1) is 8.99. The molecule has 0 aliphatic heterocycles.